The van der Waals surface area contributed by atoms with Crippen molar-refractivity contribution >= 4 is 35.8 Å². The molecule has 1 atom stereocenters. The molecule has 4 rings (SSSR count). The van der Waals surface area contributed by atoms with Gasteiger partial charge < -0.3 is 20.1 Å². The minimum atomic E-state index is 0. The Kier molecular flexibility index (Phi) is 9.95. The fourth-order valence-electron chi connectivity index (χ4n) is 4.51. The maximum Gasteiger partial charge on any atom is 0.223 e. The number of guanidine groups is 1. The highest BCUT2D eigenvalue weighted by molar-refractivity contribution is 14.0. The third-order valence-electron chi connectivity index (χ3n) is 6.27. The zero-order valence-corrected chi connectivity index (χ0v) is 21.8. The number of halogens is 1. The summed E-state index contributed by atoms with van der Waals surface area (Å²) in [6.45, 7) is 6.66. The molecule has 0 bridgehead atoms. The Hall–Kier alpha value is -2.17. The number of carbonyl (C=O) groups excluding carboxylic acids is 1. The van der Waals surface area contributed by atoms with Gasteiger partial charge in [0.25, 0.3) is 0 Å². The van der Waals surface area contributed by atoms with Crippen LogP contribution in [0.1, 0.15) is 49.8 Å². The molecule has 0 spiro atoms. The Labute approximate surface area is 213 Å². The number of rotatable bonds is 8. The van der Waals surface area contributed by atoms with Crippen molar-refractivity contribution in [2.24, 2.45) is 10.9 Å². The number of benzene rings is 1. The van der Waals surface area contributed by atoms with Crippen molar-refractivity contribution in [2.75, 3.05) is 26.2 Å². The molecule has 2 aliphatic heterocycles. The number of nitrogens with zero attached hydrogens (tertiary/aromatic N) is 5. The van der Waals surface area contributed by atoms with E-state index in [1.165, 1.54) is 24.8 Å². The largest absolute Gasteiger partial charge is 0.357 e. The van der Waals surface area contributed by atoms with Gasteiger partial charge in [-0.3, -0.25) is 4.79 Å². The molecular formula is C24H36IN7O. The molecule has 1 fully saturated rings. The van der Waals surface area contributed by atoms with E-state index in [1.807, 2.05) is 23.1 Å². The molecule has 1 amide bonds. The molecule has 0 aliphatic carbocycles. The highest BCUT2D eigenvalue weighted by atomic mass is 127. The molecule has 0 radical (unpaired) electrons. The summed E-state index contributed by atoms with van der Waals surface area (Å²) in [5.74, 6) is 3.34. The maximum absolute atomic E-state index is 12.5. The number of nitrogens with one attached hydrogen (secondary N) is 2. The Morgan fingerprint density at radius 2 is 2.00 bits per heavy atom. The van der Waals surface area contributed by atoms with Crippen molar-refractivity contribution in [3.8, 4) is 0 Å². The van der Waals surface area contributed by atoms with E-state index in [0.717, 1.165) is 63.2 Å². The van der Waals surface area contributed by atoms with Crippen LogP contribution in [-0.2, 0) is 30.7 Å². The van der Waals surface area contributed by atoms with Gasteiger partial charge in [-0.1, -0.05) is 36.8 Å². The first-order chi connectivity index (χ1) is 15.7. The van der Waals surface area contributed by atoms with Crippen LogP contribution in [0.15, 0.2) is 35.3 Å². The highest BCUT2D eigenvalue weighted by Crippen LogP contribution is 2.18. The van der Waals surface area contributed by atoms with Crippen LogP contribution >= 0.6 is 24.0 Å². The zero-order chi connectivity index (χ0) is 22.2. The maximum atomic E-state index is 12.5. The number of hydrogen-bond acceptors (Lipinski definition) is 4. The lowest BCUT2D eigenvalue weighted by Gasteiger charge is -2.18. The third kappa shape index (κ3) is 7.15. The number of hydrogen-bond donors (Lipinski definition) is 2. The van der Waals surface area contributed by atoms with Crippen LogP contribution in [0.25, 0.3) is 0 Å². The summed E-state index contributed by atoms with van der Waals surface area (Å²) < 4.78 is 2.24. The van der Waals surface area contributed by atoms with Crippen LogP contribution in [0.4, 0.5) is 0 Å². The van der Waals surface area contributed by atoms with Gasteiger partial charge in [-0.25, -0.2) is 4.99 Å². The fourth-order valence-corrected chi connectivity index (χ4v) is 4.51. The van der Waals surface area contributed by atoms with E-state index in [-0.39, 0.29) is 29.9 Å². The number of carbonyl (C=O) groups is 1. The number of amides is 1. The van der Waals surface area contributed by atoms with Crippen LogP contribution in [0.2, 0.25) is 0 Å². The smallest absolute Gasteiger partial charge is 0.223 e. The molecular weight excluding hydrogens is 529 g/mol. The summed E-state index contributed by atoms with van der Waals surface area (Å²) in [5.41, 5.74) is 1.27. The summed E-state index contributed by atoms with van der Waals surface area (Å²) in [6.07, 6.45) is 6.12. The van der Waals surface area contributed by atoms with Crippen LogP contribution in [-0.4, -0.2) is 57.7 Å². The van der Waals surface area contributed by atoms with E-state index in [2.05, 4.69) is 44.5 Å². The van der Waals surface area contributed by atoms with Crippen molar-refractivity contribution < 1.29 is 4.79 Å². The van der Waals surface area contributed by atoms with Gasteiger partial charge in [-0.2, -0.15) is 0 Å². The molecule has 180 valence electrons. The molecule has 8 nitrogen and oxygen atoms in total. The second-order valence-electron chi connectivity index (χ2n) is 8.72. The van der Waals surface area contributed by atoms with E-state index >= 15 is 0 Å². The molecule has 2 N–H and O–H groups in total. The lowest BCUT2D eigenvalue weighted by Crippen LogP contribution is -2.40. The zero-order valence-electron chi connectivity index (χ0n) is 19.5. The Balaban J connectivity index is 0.00000306. The molecule has 1 unspecified atom stereocenters. The average Bonchev–Trinajstić information content (AvgIpc) is 3.28. The van der Waals surface area contributed by atoms with Crippen LogP contribution in [0.3, 0.4) is 0 Å². The second kappa shape index (κ2) is 12.9. The van der Waals surface area contributed by atoms with Gasteiger partial charge in [0.1, 0.15) is 12.4 Å². The molecule has 2 aromatic rings. The summed E-state index contributed by atoms with van der Waals surface area (Å²) in [7, 11) is 0. The predicted molar refractivity (Wildman–Crippen MR) is 141 cm³/mol. The van der Waals surface area contributed by atoms with Crippen molar-refractivity contribution in [1.29, 1.82) is 0 Å². The van der Waals surface area contributed by atoms with E-state index in [9.17, 15) is 4.79 Å². The lowest BCUT2D eigenvalue weighted by atomic mass is 10.1. The SMILES string of the molecule is CCNC(=NCc1nnc2n1CCCCC2)NCC1CC(=O)N(CCc2ccccc2)C1.I. The van der Waals surface area contributed by atoms with Crippen molar-refractivity contribution in [3.63, 3.8) is 0 Å². The van der Waals surface area contributed by atoms with Crippen molar-refractivity contribution in [1.82, 2.24) is 30.3 Å². The molecule has 0 saturated carbocycles. The molecule has 1 aromatic carbocycles. The first-order valence-electron chi connectivity index (χ1n) is 12.0. The topological polar surface area (TPSA) is 87.4 Å². The van der Waals surface area contributed by atoms with E-state index in [1.54, 1.807) is 0 Å². The van der Waals surface area contributed by atoms with Gasteiger partial charge in [-0.05, 0) is 31.7 Å². The summed E-state index contributed by atoms with van der Waals surface area (Å²) >= 11 is 0. The minimum Gasteiger partial charge on any atom is -0.357 e. The van der Waals surface area contributed by atoms with E-state index in [0.29, 0.717) is 18.9 Å². The Morgan fingerprint density at radius 3 is 2.82 bits per heavy atom. The number of likely N-dealkylation sites (tertiary alicyclic amines) is 1. The number of aliphatic imine (C=N–C) groups is 1. The highest BCUT2D eigenvalue weighted by Gasteiger charge is 2.29. The molecule has 2 aliphatic rings. The molecule has 1 saturated heterocycles. The number of aromatic nitrogens is 3. The Bertz CT molecular complexity index is 915. The quantitative estimate of drug-likeness (QED) is 0.292. The van der Waals surface area contributed by atoms with Gasteiger partial charge in [-0.15, -0.1) is 34.2 Å². The van der Waals surface area contributed by atoms with Crippen LogP contribution in [0, 0.1) is 5.92 Å². The van der Waals surface area contributed by atoms with Crippen LogP contribution in [0.5, 0.6) is 0 Å². The van der Waals surface area contributed by atoms with E-state index < -0.39 is 0 Å². The first kappa shape index (κ1) is 25.5. The van der Waals surface area contributed by atoms with Gasteiger partial charge in [0.05, 0.1) is 0 Å². The summed E-state index contributed by atoms with van der Waals surface area (Å²) in [5, 5.41) is 15.5. The monoisotopic (exact) mass is 565 g/mol. The predicted octanol–water partition coefficient (Wildman–Crippen LogP) is 2.77. The normalized spacial score (nSPS) is 18.5. The van der Waals surface area contributed by atoms with Crippen molar-refractivity contribution in [3.05, 3.63) is 47.5 Å². The van der Waals surface area contributed by atoms with Gasteiger partial charge in [0.15, 0.2) is 11.8 Å². The van der Waals surface area contributed by atoms with Gasteiger partial charge in [0, 0.05) is 51.5 Å². The average molecular weight is 566 g/mol. The minimum absolute atomic E-state index is 0. The standard InChI is InChI=1S/C24H35N7O.HI/c1-2-25-24(27-17-22-29-28-21-11-7-4-8-13-31(21)22)26-16-20-15-23(32)30(18-20)14-12-19-9-5-3-6-10-19;/h3,5-6,9-10,20H,2,4,7-8,11-18H2,1H3,(H2,25,26,27);1H. The second-order valence-corrected chi connectivity index (χ2v) is 8.72. The summed E-state index contributed by atoms with van der Waals surface area (Å²) in [4.78, 5) is 19.2. The molecule has 9 heteroatoms. The number of aryl methyl sites for hydroxylation is 1. The third-order valence-corrected chi connectivity index (χ3v) is 6.27. The van der Waals surface area contributed by atoms with Gasteiger partial charge >= 0.3 is 0 Å². The van der Waals surface area contributed by atoms with Crippen LogP contribution < -0.4 is 10.6 Å². The molecule has 1 aromatic heterocycles. The fraction of sp³-hybridized carbons (Fsp3) is 0.583. The Morgan fingerprint density at radius 1 is 1.15 bits per heavy atom. The molecule has 33 heavy (non-hydrogen) atoms. The van der Waals surface area contributed by atoms with Gasteiger partial charge in [0.2, 0.25) is 5.91 Å². The van der Waals surface area contributed by atoms with Crippen molar-refractivity contribution in [2.45, 2.75) is 58.5 Å². The number of fused-ring (bicyclic) bond motifs is 1. The lowest BCUT2D eigenvalue weighted by molar-refractivity contribution is -0.127. The van der Waals surface area contributed by atoms with E-state index in [4.69, 9.17) is 4.99 Å². The first-order valence-corrected chi connectivity index (χ1v) is 12.0. The molecule has 3 heterocycles. The summed E-state index contributed by atoms with van der Waals surface area (Å²) in [6, 6.07) is 10.4.